The summed E-state index contributed by atoms with van der Waals surface area (Å²) < 4.78 is 0. The third-order valence-electron chi connectivity index (χ3n) is 2.93. The fourth-order valence-electron chi connectivity index (χ4n) is 1.91. The number of aliphatic imine (C=N–C) groups is 1. The van der Waals surface area contributed by atoms with Gasteiger partial charge >= 0.3 is 0 Å². The fourth-order valence-corrected chi connectivity index (χ4v) is 1.91. The average molecular weight is 266 g/mol. The fraction of sp³-hybridized carbons (Fsp3) is 0.125. The number of aryl methyl sites for hydroxylation is 1. The highest BCUT2D eigenvalue weighted by Crippen LogP contribution is 2.18. The van der Waals surface area contributed by atoms with Crippen molar-refractivity contribution in [2.75, 3.05) is 5.32 Å². The van der Waals surface area contributed by atoms with E-state index in [0.29, 0.717) is 11.3 Å². The normalized spacial score (nSPS) is 9.65. The van der Waals surface area contributed by atoms with Crippen molar-refractivity contribution < 1.29 is 9.59 Å². The molecule has 100 valence electrons. The van der Waals surface area contributed by atoms with E-state index >= 15 is 0 Å². The van der Waals surface area contributed by atoms with E-state index in [0.717, 1.165) is 17.7 Å². The van der Waals surface area contributed by atoms with Crippen LogP contribution in [0.1, 0.15) is 22.8 Å². The van der Waals surface area contributed by atoms with Gasteiger partial charge in [-0.15, -0.1) is 0 Å². The van der Waals surface area contributed by atoms with E-state index in [-0.39, 0.29) is 5.91 Å². The number of para-hydroxylation sites is 1. The SMILES string of the molecule is CCc1ccccc1NC(=O)c1cccc(N=C=O)c1. The number of rotatable bonds is 4. The van der Waals surface area contributed by atoms with Crippen molar-refractivity contribution in [1.82, 2.24) is 0 Å². The van der Waals surface area contributed by atoms with Crippen molar-refractivity contribution in [1.29, 1.82) is 0 Å². The maximum atomic E-state index is 12.2. The maximum absolute atomic E-state index is 12.2. The molecule has 0 bridgehead atoms. The van der Waals surface area contributed by atoms with Crippen LogP contribution in [0.4, 0.5) is 11.4 Å². The molecule has 2 aromatic carbocycles. The van der Waals surface area contributed by atoms with Gasteiger partial charge < -0.3 is 5.32 Å². The Bertz CT molecular complexity index is 674. The molecule has 0 saturated heterocycles. The number of benzene rings is 2. The van der Waals surface area contributed by atoms with Crippen molar-refractivity contribution >= 4 is 23.4 Å². The number of nitrogens with one attached hydrogen (secondary N) is 1. The summed E-state index contributed by atoms with van der Waals surface area (Å²) >= 11 is 0. The van der Waals surface area contributed by atoms with E-state index in [9.17, 15) is 9.59 Å². The molecule has 0 heterocycles. The van der Waals surface area contributed by atoms with Crippen molar-refractivity contribution in [3.05, 3.63) is 59.7 Å². The lowest BCUT2D eigenvalue weighted by Crippen LogP contribution is -2.13. The van der Waals surface area contributed by atoms with Gasteiger partial charge in [-0.05, 0) is 36.2 Å². The van der Waals surface area contributed by atoms with Gasteiger partial charge in [0.25, 0.3) is 5.91 Å². The van der Waals surface area contributed by atoms with Crippen LogP contribution in [0.5, 0.6) is 0 Å². The highest BCUT2D eigenvalue weighted by atomic mass is 16.1. The number of hydrogen-bond acceptors (Lipinski definition) is 3. The van der Waals surface area contributed by atoms with E-state index in [1.807, 2.05) is 31.2 Å². The number of amides is 1. The first kappa shape index (κ1) is 13.7. The van der Waals surface area contributed by atoms with E-state index < -0.39 is 0 Å². The van der Waals surface area contributed by atoms with Crippen molar-refractivity contribution in [3.8, 4) is 0 Å². The molecule has 1 amide bonds. The van der Waals surface area contributed by atoms with Crippen LogP contribution in [0.25, 0.3) is 0 Å². The van der Waals surface area contributed by atoms with Crippen LogP contribution >= 0.6 is 0 Å². The second-order valence-electron chi connectivity index (χ2n) is 4.22. The first-order valence-corrected chi connectivity index (χ1v) is 6.31. The Morgan fingerprint density at radius 1 is 1.20 bits per heavy atom. The lowest BCUT2D eigenvalue weighted by Gasteiger charge is -2.09. The predicted octanol–water partition coefficient (Wildman–Crippen LogP) is 3.47. The smallest absolute Gasteiger partial charge is 0.255 e. The predicted molar refractivity (Wildman–Crippen MR) is 78.0 cm³/mol. The summed E-state index contributed by atoms with van der Waals surface area (Å²) in [4.78, 5) is 25.9. The molecular formula is C16H14N2O2. The Kier molecular flexibility index (Phi) is 4.43. The van der Waals surface area contributed by atoms with E-state index in [1.54, 1.807) is 24.3 Å². The Morgan fingerprint density at radius 2 is 2.00 bits per heavy atom. The highest BCUT2D eigenvalue weighted by Gasteiger charge is 2.08. The Morgan fingerprint density at radius 3 is 2.75 bits per heavy atom. The van der Waals surface area contributed by atoms with Gasteiger partial charge in [0.2, 0.25) is 6.08 Å². The zero-order chi connectivity index (χ0) is 14.4. The third kappa shape index (κ3) is 3.19. The molecule has 0 fully saturated rings. The molecule has 2 rings (SSSR count). The molecule has 0 atom stereocenters. The second kappa shape index (κ2) is 6.45. The molecule has 0 aliphatic carbocycles. The summed E-state index contributed by atoms with van der Waals surface area (Å²) in [6.45, 7) is 2.03. The minimum atomic E-state index is -0.228. The summed E-state index contributed by atoms with van der Waals surface area (Å²) in [5, 5.41) is 2.87. The Balaban J connectivity index is 2.24. The standard InChI is InChI=1S/C16H14N2O2/c1-2-12-6-3-4-9-15(12)18-16(20)13-7-5-8-14(10-13)17-11-19/h3-10H,2H2,1H3,(H,18,20). The lowest BCUT2D eigenvalue weighted by atomic mass is 10.1. The van der Waals surface area contributed by atoms with Crippen molar-refractivity contribution in [2.45, 2.75) is 13.3 Å². The van der Waals surface area contributed by atoms with Gasteiger partial charge in [-0.1, -0.05) is 31.2 Å². The topological polar surface area (TPSA) is 58.5 Å². The number of carbonyl (C=O) groups excluding carboxylic acids is 2. The van der Waals surface area contributed by atoms with E-state index in [1.165, 1.54) is 6.08 Å². The largest absolute Gasteiger partial charge is 0.322 e. The van der Waals surface area contributed by atoms with Crippen molar-refractivity contribution in [3.63, 3.8) is 0 Å². The van der Waals surface area contributed by atoms with E-state index in [2.05, 4.69) is 10.3 Å². The molecule has 20 heavy (non-hydrogen) atoms. The third-order valence-corrected chi connectivity index (χ3v) is 2.93. The van der Waals surface area contributed by atoms with Crippen LogP contribution < -0.4 is 5.32 Å². The Hall–Kier alpha value is -2.71. The first-order chi connectivity index (χ1) is 9.74. The highest BCUT2D eigenvalue weighted by molar-refractivity contribution is 6.05. The second-order valence-corrected chi connectivity index (χ2v) is 4.22. The number of hydrogen-bond donors (Lipinski definition) is 1. The number of isocyanates is 1. The van der Waals surface area contributed by atoms with Gasteiger partial charge in [-0.2, -0.15) is 4.99 Å². The molecule has 0 unspecified atom stereocenters. The Labute approximate surface area is 117 Å². The summed E-state index contributed by atoms with van der Waals surface area (Å²) in [6.07, 6.45) is 2.30. The molecule has 4 heteroatoms. The van der Waals surface area contributed by atoms with Gasteiger partial charge in [-0.25, -0.2) is 4.79 Å². The maximum Gasteiger partial charge on any atom is 0.255 e. The van der Waals surface area contributed by atoms with Crippen LogP contribution in [0.15, 0.2) is 53.5 Å². The summed E-state index contributed by atoms with van der Waals surface area (Å²) in [5.74, 6) is -0.228. The quantitative estimate of drug-likeness (QED) is 0.680. The van der Waals surface area contributed by atoms with Gasteiger partial charge in [0.05, 0.1) is 5.69 Å². The molecule has 0 aromatic heterocycles. The summed E-state index contributed by atoms with van der Waals surface area (Å²) in [5.41, 5.74) is 2.73. The summed E-state index contributed by atoms with van der Waals surface area (Å²) in [6, 6.07) is 14.2. The van der Waals surface area contributed by atoms with Crippen LogP contribution in [0.2, 0.25) is 0 Å². The summed E-state index contributed by atoms with van der Waals surface area (Å²) in [7, 11) is 0. The monoisotopic (exact) mass is 266 g/mol. The minimum absolute atomic E-state index is 0.228. The average Bonchev–Trinajstić information content (AvgIpc) is 2.48. The molecule has 0 saturated carbocycles. The van der Waals surface area contributed by atoms with Crippen molar-refractivity contribution in [2.24, 2.45) is 4.99 Å². The van der Waals surface area contributed by atoms with E-state index in [4.69, 9.17) is 0 Å². The van der Waals surface area contributed by atoms with Gasteiger partial charge in [0, 0.05) is 11.3 Å². The zero-order valence-electron chi connectivity index (χ0n) is 11.1. The van der Waals surface area contributed by atoms with Gasteiger partial charge in [-0.3, -0.25) is 4.79 Å². The zero-order valence-corrected chi connectivity index (χ0v) is 11.1. The number of nitrogens with zero attached hydrogens (tertiary/aromatic N) is 1. The van der Waals surface area contributed by atoms with Crippen LogP contribution in [0, 0.1) is 0 Å². The minimum Gasteiger partial charge on any atom is -0.322 e. The first-order valence-electron chi connectivity index (χ1n) is 6.31. The molecule has 4 nitrogen and oxygen atoms in total. The molecule has 1 N–H and O–H groups in total. The molecule has 0 aliphatic rings. The molecule has 2 aromatic rings. The molecule has 0 spiro atoms. The molecule has 0 radical (unpaired) electrons. The molecular weight excluding hydrogens is 252 g/mol. The number of carbonyl (C=O) groups is 1. The van der Waals surface area contributed by atoms with Crippen LogP contribution in [-0.2, 0) is 11.2 Å². The van der Waals surface area contributed by atoms with Gasteiger partial charge in [0.15, 0.2) is 0 Å². The lowest BCUT2D eigenvalue weighted by molar-refractivity contribution is 0.102. The van der Waals surface area contributed by atoms with Gasteiger partial charge in [0.1, 0.15) is 0 Å². The van der Waals surface area contributed by atoms with Crippen LogP contribution in [0.3, 0.4) is 0 Å². The van der Waals surface area contributed by atoms with Crippen LogP contribution in [-0.4, -0.2) is 12.0 Å². The molecule has 0 aliphatic heterocycles. The number of anilines is 1.